The molecule has 10 rings (SSSR count). The van der Waals surface area contributed by atoms with Crippen molar-refractivity contribution in [2.45, 2.75) is 0 Å². The van der Waals surface area contributed by atoms with E-state index >= 15 is 0 Å². The highest BCUT2D eigenvalue weighted by Gasteiger charge is 2.21. The first kappa shape index (κ1) is 26.1. The lowest BCUT2D eigenvalue weighted by atomic mass is 10.0. The van der Waals surface area contributed by atoms with E-state index in [-0.39, 0.29) is 0 Å². The number of hydrogen-bond acceptors (Lipinski definition) is 7. The molecule has 0 aliphatic heterocycles. The Morgan fingerprint density at radius 3 is 1.89 bits per heavy atom. The molecule has 6 nitrogen and oxygen atoms in total. The lowest BCUT2D eigenvalue weighted by Gasteiger charge is -2.10. The van der Waals surface area contributed by atoms with Gasteiger partial charge in [0, 0.05) is 59.3 Å². The van der Waals surface area contributed by atoms with E-state index in [0.29, 0.717) is 34.5 Å². The minimum absolute atomic E-state index is 0.572. The number of furan rings is 1. The molecule has 6 aromatic carbocycles. The van der Waals surface area contributed by atoms with E-state index in [1.807, 2.05) is 91.0 Å². The van der Waals surface area contributed by atoms with Gasteiger partial charge in [0.05, 0.1) is 0 Å². The number of rotatable bonds is 4. The van der Waals surface area contributed by atoms with Gasteiger partial charge < -0.3 is 8.83 Å². The summed E-state index contributed by atoms with van der Waals surface area (Å²) in [6, 6.07) is 44.8. The van der Waals surface area contributed by atoms with Gasteiger partial charge in [0.15, 0.2) is 23.1 Å². The fraction of sp³-hybridized carbons (Fsp3) is 0. The van der Waals surface area contributed by atoms with Gasteiger partial charge >= 0.3 is 0 Å². The highest BCUT2D eigenvalue weighted by atomic mass is 32.1. The van der Waals surface area contributed by atoms with Crippen LogP contribution in [0.15, 0.2) is 142 Å². The second-order valence-corrected chi connectivity index (χ2v) is 12.5. The summed E-state index contributed by atoms with van der Waals surface area (Å²) in [5.41, 5.74) is 6.55. The fourth-order valence-corrected chi connectivity index (χ4v) is 7.56. The molecule has 0 saturated carbocycles. The summed E-state index contributed by atoms with van der Waals surface area (Å²) in [6.07, 6.45) is 0. The lowest BCUT2D eigenvalue weighted by molar-refractivity contribution is 0.617. The van der Waals surface area contributed by atoms with Crippen molar-refractivity contribution in [1.82, 2.24) is 19.9 Å². The zero-order valence-electron chi connectivity index (χ0n) is 24.7. The van der Waals surface area contributed by atoms with Gasteiger partial charge in [-0.25, -0.2) is 19.9 Å². The maximum Gasteiger partial charge on any atom is 0.227 e. The van der Waals surface area contributed by atoms with Gasteiger partial charge in [-0.15, -0.1) is 11.3 Å². The van der Waals surface area contributed by atoms with Crippen molar-refractivity contribution in [1.29, 1.82) is 0 Å². The van der Waals surface area contributed by atoms with Gasteiger partial charge in [-0.1, -0.05) is 91.0 Å². The van der Waals surface area contributed by atoms with E-state index < -0.39 is 0 Å². The molecule has 4 heterocycles. The van der Waals surface area contributed by atoms with Crippen molar-refractivity contribution < 1.29 is 8.83 Å². The average Bonchev–Trinajstić information content (AvgIpc) is 3.84. The molecule has 0 spiro atoms. The Kier molecular flexibility index (Phi) is 5.64. The van der Waals surface area contributed by atoms with E-state index in [0.717, 1.165) is 49.5 Å². The summed E-state index contributed by atoms with van der Waals surface area (Å²) in [7, 11) is 0. The Hall–Kier alpha value is -6.18. The van der Waals surface area contributed by atoms with Crippen molar-refractivity contribution in [2.24, 2.45) is 0 Å². The molecule has 0 N–H and O–H groups in total. The predicted molar refractivity (Wildman–Crippen MR) is 189 cm³/mol. The normalized spacial score (nSPS) is 11.8. The van der Waals surface area contributed by atoms with Crippen molar-refractivity contribution in [2.75, 3.05) is 0 Å². The smallest absolute Gasteiger partial charge is 0.227 e. The molecule has 0 saturated heterocycles. The van der Waals surface area contributed by atoms with E-state index in [2.05, 4.69) is 42.5 Å². The van der Waals surface area contributed by atoms with Crippen LogP contribution in [0.25, 0.3) is 98.8 Å². The molecule has 0 amide bonds. The van der Waals surface area contributed by atoms with E-state index in [1.165, 1.54) is 14.8 Å². The Morgan fingerprint density at radius 1 is 0.426 bits per heavy atom. The molecule has 0 atom stereocenters. The number of aromatic nitrogens is 4. The van der Waals surface area contributed by atoms with Crippen LogP contribution in [0.3, 0.4) is 0 Å². The fourth-order valence-electron chi connectivity index (χ4n) is 6.43. The second kappa shape index (κ2) is 10.2. The summed E-state index contributed by atoms with van der Waals surface area (Å²) in [6.45, 7) is 0. The number of nitrogens with zero attached hydrogens (tertiary/aromatic N) is 4. The summed E-state index contributed by atoms with van der Waals surface area (Å²) < 4.78 is 15.0. The second-order valence-electron chi connectivity index (χ2n) is 11.4. The van der Waals surface area contributed by atoms with Crippen LogP contribution in [-0.4, -0.2) is 19.9 Å². The lowest BCUT2D eigenvalue weighted by Crippen LogP contribution is -2.00. The molecule has 0 unspecified atom stereocenters. The Bertz CT molecular complexity index is 2800. The molecule has 47 heavy (non-hydrogen) atoms. The topological polar surface area (TPSA) is 77.8 Å². The van der Waals surface area contributed by atoms with Crippen LogP contribution in [0.2, 0.25) is 0 Å². The Balaban J connectivity index is 1.23. The predicted octanol–water partition coefficient (Wildman–Crippen LogP) is 10.9. The van der Waals surface area contributed by atoms with Crippen LogP contribution in [0, 0.1) is 0 Å². The summed E-state index contributed by atoms with van der Waals surface area (Å²) in [5, 5.41) is 4.19. The van der Waals surface area contributed by atoms with Crippen LogP contribution in [0.4, 0.5) is 0 Å². The summed E-state index contributed by atoms with van der Waals surface area (Å²) >= 11 is 1.78. The van der Waals surface area contributed by atoms with E-state index in [4.69, 9.17) is 28.8 Å². The zero-order chi connectivity index (χ0) is 30.9. The minimum Gasteiger partial charge on any atom is -0.456 e. The highest BCUT2D eigenvalue weighted by Crippen LogP contribution is 2.41. The Morgan fingerprint density at radius 2 is 1.09 bits per heavy atom. The van der Waals surface area contributed by atoms with Crippen molar-refractivity contribution in [3.63, 3.8) is 0 Å². The van der Waals surface area contributed by atoms with Gasteiger partial charge in [0.1, 0.15) is 16.7 Å². The third-order valence-corrected chi connectivity index (χ3v) is 9.71. The zero-order valence-corrected chi connectivity index (χ0v) is 25.5. The third-order valence-electron chi connectivity index (χ3n) is 8.58. The van der Waals surface area contributed by atoms with Crippen molar-refractivity contribution in [3.05, 3.63) is 133 Å². The molecule has 0 fully saturated rings. The molecular formula is C40H22N4O2S. The van der Waals surface area contributed by atoms with Crippen LogP contribution >= 0.6 is 11.3 Å². The minimum atomic E-state index is 0.572. The molecule has 0 bridgehead atoms. The standard InChI is InChI=1S/C40H22N4O2S/c1-3-11-23(12-4-1)37-42-38(44-39(43-37)27-17-10-20-34-36(27)25-15-7-8-19-33(25)47-34)26-16-9-18-30-35(26)28-21-29-32(22-31(28)45-30)46-40(41-29)24-13-5-2-6-14-24/h1-22H. The number of benzene rings is 6. The van der Waals surface area contributed by atoms with Crippen molar-refractivity contribution >= 4 is 64.5 Å². The largest absolute Gasteiger partial charge is 0.456 e. The average molecular weight is 623 g/mol. The van der Waals surface area contributed by atoms with E-state index in [9.17, 15) is 0 Å². The number of oxazole rings is 1. The molecule has 10 aromatic rings. The van der Waals surface area contributed by atoms with Crippen LogP contribution in [0.1, 0.15) is 0 Å². The molecule has 0 aliphatic carbocycles. The molecule has 220 valence electrons. The SMILES string of the molecule is c1ccc(-c2nc(-c3cccc4oc5cc6oc(-c7ccccc7)nc6cc5c34)nc(-c3cccc4sc5ccccc5c34)n2)cc1. The van der Waals surface area contributed by atoms with Gasteiger partial charge in [0.25, 0.3) is 0 Å². The van der Waals surface area contributed by atoms with Gasteiger partial charge in [-0.2, -0.15) is 0 Å². The first-order chi connectivity index (χ1) is 23.3. The number of hydrogen-bond donors (Lipinski definition) is 0. The highest BCUT2D eigenvalue weighted by molar-refractivity contribution is 7.25. The molecular weight excluding hydrogens is 601 g/mol. The molecule has 0 aliphatic rings. The van der Waals surface area contributed by atoms with Crippen molar-refractivity contribution in [3.8, 4) is 45.6 Å². The maximum absolute atomic E-state index is 6.41. The third kappa shape index (κ3) is 4.17. The first-order valence-electron chi connectivity index (χ1n) is 15.3. The van der Waals surface area contributed by atoms with Gasteiger partial charge in [-0.05, 0) is 36.4 Å². The van der Waals surface area contributed by atoms with Crippen LogP contribution in [-0.2, 0) is 0 Å². The van der Waals surface area contributed by atoms with Gasteiger partial charge in [0.2, 0.25) is 5.89 Å². The summed E-state index contributed by atoms with van der Waals surface area (Å²) in [5.74, 6) is 2.38. The quantitative estimate of drug-likeness (QED) is 0.194. The van der Waals surface area contributed by atoms with Crippen LogP contribution < -0.4 is 0 Å². The monoisotopic (exact) mass is 622 g/mol. The molecule has 4 aromatic heterocycles. The maximum atomic E-state index is 6.41. The van der Waals surface area contributed by atoms with Crippen LogP contribution in [0.5, 0.6) is 0 Å². The summed E-state index contributed by atoms with van der Waals surface area (Å²) in [4.78, 5) is 20.2. The molecule has 7 heteroatoms. The first-order valence-corrected chi connectivity index (χ1v) is 16.1. The Labute approximate surface area is 271 Å². The van der Waals surface area contributed by atoms with E-state index in [1.54, 1.807) is 11.3 Å². The molecule has 0 radical (unpaired) electrons. The van der Waals surface area contributed by atoms with Gasteiger partial charge in [-0.3, -0.25) is 0 Å². The number of thiophene rings is 1. The number of fused-ring (bicyclic) bond motifs is 7.